The number of ether oxygens (including phenoxy) is 1. The summed E-state index contributed by atoms with van der Waals surface area (Å²) >= 11 is 5.96. The summed E-state index contributed by atoms with van der Waals surface area (Å²) in [5.74, 6) is 0.320. The molecule has 0 atom stereocenters. The van der Waals surface area contributed by atoms with E-state index in [0.29, 0.717) is 17.3 Å². The fraction of sp³-hybridized carbons (Fsp3) is 0.188. The molecule has 0 saturated heterocycles. The van der Waals surface area contributed by atoms with E-state index in [9.17, 15) is 4.79 Å². The highest BCUT2D eigenvalue weighted by Crippen LogP contribution is 2.24. The first kappa shape index (κ1) is 15.2. The first-order valence-electron chi connectivity index (χ1n) is 6.63. The van der Waals surface area contributed by atoms with Crippen LogP contribution in [0.15, 0.2) is 48.5 Å². The molecule has 0 spiro atoms. The lowest BCUT2D eigenvalue weighted by molar-refractivity contribution is -0.118. The lowest BCUT2D eigenvalue weighted by Gasteiger charge is -2.13. The molecule has 0 heterocycles. The largest absolute Gasteiger partial charge is 0.491 e. The van der Waals surface area contributed by atoms with Gasteiger partial charge >= 0.3 is 0 Å². The van der Waals surface area contributed by atoms with Crippen LogP contribution in [0.1, 0.15) is 12.0 Å². The van der Waals surface area contributed by atoms with Gasteiger partial charge in [-0.1, -0.05) is 35.9 Å². The van der Waals surface area contributed by atoms with Crippen molar-refractivity contribution in [3.63, 3.8) is 0 Å². The minimum absolute atomic E-state index is 0.197. The molecule has 0 aliphatic heterocycles. The highest BCUT2D eigenvalue weighted by Gasteiger charge is 2.04. The minimum Gasteiger partial charge on any atom is -0.491 e. The average molecular weight is 305 g/mol. The van der Waals surface area contributed by atoms with Crippen LogP contribution < -0.4 is 15.8 Å². The van der Waals surface area contributed by atoms with Gasteiger partial charge in [-0.3, -0.25) is 4.79 Å². The van der Waals surface area contributed by atoms with E-state index in [1.54, 1.807) is 0 Å². The molecule has 4 nitrogen and oxygen atoms in total. The molecule has 0 aromatic heterocycles. The van der Waals surface area contributed by atoms with Gasteiger partial charge in [0.15, 0.2) is 0 Å². The molecule has 21 heavy (non-hydrogen) atoms. The summed E-state index contributed by atoms with van der Waals surface area (Å²) in [4.78, 5) is 10.7. The van der Waals surface area contributed by atoms with Gasteiger partial charge in [0.2, 0.25) is 5.91 Å². The molecule has 1 amide bonds. The van der Waals surface area contributed by atoms with Gasteiger partial charge in [-0.15, -0.1) is 0 Å². The topological polar surface area (TPSA) is 64.4 Å². The molecule has 0 fully saturated rings. The van der Waals surface area contributed by atoms with Crippen molar-refractivity contribution < 1.29 is 9.53 Å². The molecular weight excluding hydrogens is 288 g/mol. The second kappa shape index (κ2) is 7.55. The van der Waals surface area contributed by atoms with Crippen molar-refractivity contribution >= 4 is 23.2 Å². The van der Waals surface area contributed by atoms with Crippen molar-refractivity contribution in [1.82, 2.24) is 0 Å². The first-order valence-corrected chi connectivity index (χ1v) is 7.01. The third-order valence-corrected chi connectivity index (χ3v) is 3.10. The molecule has 0 unspecified atom stereocenters. The van der Waals surface area contributed by atoms with E-state index >= 15 is 0 Å². The smallest absolute Gasteiger partial charge is 0.220 e. The summed E-state index contributed by atoms with van der Waals surface area (Å²) < 4.78 is 5.57. The Morgan fingerprint density at radius 2 is 2.00 bits per heavy atom. The molecule has 0 saturated carbocycles. The van der Waals surface area contributed by atoms with Crippen LogP contribution in [0.25, 0.3) is 0 Å². The quantitative estimate of drug-likeness (QED) is 0.825. The van der Waals surface area contributed by atoms with Crippen LogP contribution in [0.3, 0.4) is 0 Å². The molecule has 2 aromatic carbocycles. The molecule has 3 N–H and O–H groups in total. The second-order valence-electron chi connectivity index (χ2n) is 4.54. The summed E-state index contributed by atoms with van der Waals surface area (Å²) in [6.07, 6.45) is 0.197. The van der Waals surface area contributed by atoms with E-state index in [4.69, 9.17) is 22.1 Å². The maximum atomic E-state index is 10.7. The molecule has 110 valence electrons. The number of hydrogen-bond donors (Lipinski definition) is 2. The maximum absolute atomic E-state index is 10.7. The van der Waals surface area contributed by atoms with E-state index in [0.717, 1.165) is 11.3 Å². The third-order valence-electron chi connectivity index (χ3n) is 2.87. The molecule has 0 aliphatic carbocycles. The number of hydrogen-bond acceptors (Lipinski definition) is 3. The Bertz CT molecular complexity index is 617. The minimum atomic E-state index is -0.376. The maximum Gasteiger partial charge on any atom is 0.220 e. The number of nitrogens with one attached hydrogen (secondary N) is 1. The zero-order valence-corrected chi connectivity index (χ0v) is 12.3. The van der Waals surface area contributed by atoms with Crippen molar-refractivity contribution in [2.75, 3.05) is 11.9 Å². The molecule has 0 radical (unpaired) electrons. The number of amides is 1. The number of benzene rings is 2. The first-order chi connectivity index (χ1) is 10.1. The average Bonchev–Trinajstić information content (AvgIpc) is 2.46. The highest BCUT2D eigenvalue weighted by molar-refractivity contribution is 6.30. The normalized spacial score (nSPS) is 10.1. The van der Waals surface area contributed by atoms with Gasteiger partial charge in [0.1, 0.15) is 5.75 Å². The van der Waals surface area contributed by atoms with Crippen molar-refractivity contribution in [3.8, 4) is 5.75 Å². The summed E-state index contributed by atoms with van der Waals surface area (Å²) in [6, 6.07) is 15.2. The van der Waals surface area contributed by atoms with Gasteiger partial charge in [0.25, 0.3) is 0 Å². The summed E-state index contributed by atoms with van der Waals surface area (Å²) in [5, 5.41) is 4.00. The van der Waals surface area contributed by atoms with Gasteiger partial charge in [0, 0.05) is 11.6 Å². The number of halogens is 1. The lowest BCUT2D eigenvalue weighted by atomic mass is 10.2. The Balaban J connectivity index is 1.97. The van der Waals surface area contributed by atoms with Gasteiger partial charge < -0.3 is 15.8 Å². The summed E-state index contributed by atoms with van der Waals surface area (Å²) in [7, 11) is 0. The SMILES string of the molecule is NC(=O)CCOc1ccccc1NCc1cccc(Cl)c1. The Hall–Kier alpha value is -2.20. The predicted octanol–water partition coefficient (Wildman–Crippen LogP) is 3.21. The van der Waals surface area contributed by atoms with E-state index in [2.05, 4.69) is 5.32 Å². The van der Waals surface area contributed by atoms with Crippen molar-refractivity contribution in [1.29, 1.82) is 0 Å². The lowest BCUT2D eigenvalue weighted by Crippen LogP contribution is -2.15. The standard InChI is InChI=1S/C16H17ClN2O2/c17-13-5-3-4-12(10-13)11-19-14-6-1-2-7-15(14)21-9-8-16(18)20/h1-7,10,19H,8-9,11H2,(H2,18,20). The fourth-order valence-corrected chi connectivity index (χ4v) is 2.06. The van der Waals surface area contributed by atoms with Crippen molar-refractivity contribution in [3.05, 3.63) is 59.1 Å². The Kier molecular flexibility index (Phi) is 5.46. The number of rotatable bonds is 7. The highest BCUT2D eigenvalue weighted by atomic mass is 35.5. The Labute approximate surface area is 128 Å². The van der Waals surface area contributed by atoms with Crippen LogP contribution in [0.2, 0.25) is 5.02 Å². The predicted molar refractivity (Wildman–Crippen MR) is 84.5 cm³/mol. The number of para-hydroxylation sites is 2. The van der Waals surface area contributed by atoms with Crippen molar-refractivity contribution in [2.24, 2.45) is 5.73 Å². The van der Waals surface area contributed by atoms with Gasteiger partial charge in [-0.25, -0.2) is 0 Å². The van der Waals surface area contributed by atoms with Gasteiger partial charge in [0.05, 0.1) is 18.7 Å². The third kappa shape index (κ3) is 5.00. The number of carbonyl (C=O) groups excluding carboxylic acids is 1. The van der Waals surface area contributed by atoms with Crippen LogP contribution in [0, 0.1) is 0 Å². The van der Waals surface area contributed by atoms with E-state index < -0.39 is 0 Å². The molecule has 0 bridgehead atoms. The Morgan fingerprint density at radius 1 is 1.19 bits per heavy atom. The number of anilines is 1. The van der Waals surface area contributed by atoms with Crippen LogP contribution >= 0.6 is 11.6 Å². The number of nitrogens with two attached hydrogens (primary N) is 1. The summed E-state index contributed by atoms with van der Waals surface area (Å²) in [5.41, 5.74) is 7.04. The van der Waals surface area contributed by atoms with Crippen LogP contribution in [-0.2, 0) is 11.3 Å². The van der Waals surface area contributed by atoms with E-state index in [1.807, 2.05) is 48.5 Å². The molecule has 2 rings (SSSR count). The zero-order valence-electron chi connectivity index (χ0n) is 11.5. The fourth-order valence-electron chi connectivity index (χ4n) is 1.84. The zero-order chi connectivity index (χ0) is 15.1. The molecule has 5 heteroatoms. The molecule has 0 aliphatic rings. The van der Waals surface area contributed by atoms with Crippen molar-refractivity contribution in [2.45, 2.75) is 13.0 Å². The second-order valence-corrected chi connectivity index (χ2v) is 4.98. The molecular formula is C16H17ClN2O2. The molecule has 2 aromatic rings. The number of primary amides is 1. The number of carbonyl (C=O) groups is 1. The Morgan fingerprint density at radius 3 is 2.76 bits per heavy atom. The van der Waals surface area contributed by atoms with Crippen LogP contribution in [-0.4, -0.2) is 12.5 Å². The van der Waals surface area contributed by atoms with E-state index in [-0.39, 0.29) is 18.9 Å². The van der Waals surface area contributed by atoms with Crippen LogP contribution in [0.5, 0.6) is 5.75 Å². The van der Waals surface area contributed by atoms with Gasteiger partial charge in [-0.05, 0) is 29.8 Å². The monoisotopic (exact) mass is 304 g/mol. The summed E-state index contributed by atoms with van der Waals surface area (Å²) in [6.45, 7) is 0.905. The van der Waals surface area contributed by atoms with Crippen LogP contribution in [0.4, 0.5) is 5.69 Å². The van der Waals surface area contributed by atoms with Gasteiger partial charge in [-0.2, -0.15) is 0 Å². The van der Waals surface area contributed by atoms with E-state index in [1.165, 1.54) is 0 Å².